The Morgan fingerprint density at radius 2 is 1.79 bits per heavy atom. The van der Waals surface area contributed by atoms with Gasteiger partial charge in [0.15, 0.2) is 0 Å². The van der Waals surface area contributed by atoms with Crippen molar-refractivity contribution in [2.24, 2.45) is 0 Å². The first-order valence-corrected chi connectivity index (χ1v) is 5.61. The third-order valence-electron chi connectivity index (χ3n) is 0.800. The molecule has 0 aliphatic rings. The van der Waals surface area contributed by atoms with Gasteiger partial charge in [0.2, 0.25) is 0 Å². The monoisotopic (exact) mass is 218 g/mol. The van der Waals surface area contributed by atoms with E-state index in [1.165, 1.54) is 0 Å². The van der Waals surface area contributed by atoms with E-state index in [-0.39, 0.29) is 13.2 Å². The molecule has 0 bridgehead atoms. The molecule has 0 aromatic carbocycles. The Morgan fingerprint density at radius 3 is 2.00 bits per heavy atom. The summed E-state index contributed by atoms with van der Waals surface area (Å²) in [5.74, 6) is 4.52. The van der Waals surface area contributed by atoms with Gasteiger partial charge in [-0.2, -0.15) is 8.42 Å². The second kappa shape index (κ2) is 10.1. The van der Waals surface area contributed by atoms with E-state index in [0.717, 1.165) is 6.26 Å². The van der Waals surface area contributed by atoms with Gasteiger partial charge in [-0.1, -0.05) is 0 Å². The normalized spacial score (nSPS) is 9.14. The van der Waals surface area contributed by atoms with Crippen molar-refractivity contribution in [3.05, 3.63) is 0 Å². The van der Waals surface area contributed by atoms with Crippen LogP contribution in [0.4, 0.5) is 0 Å². The molecule has 0 aliphatic heterocycles. The average molecular weight is 218 g/mol. The summed E-state index contributed by atoms with van der Waals surface area (Å²) < 4.78 is 24.7. The second-order valence-electron chi connectivity index (χ2n) is 2.16. The molecule has 0 rings (SSSR count). The van der Waals surface area contributed by atoms with Crippen molar-refractivity contribution in [2.45, 2.75) is 12.8 Å². The molecule has 5 heteroatoms. The Hall–Kier alpha value is -1.01. The lowest BCUT2D eigenvalue weighted by Crippen LogP contribution is -2.02. The standard InChI is InChI=1S/C5H8O3S.C4H6O/c1-3-4-5-8-9(2,6)7;1-2-3-4-5/h1H,4-5H2,2H3;1,5H,3-4H2. The molecule has 0 aliphatic carbocycles. The predicted octanol–water partition coefficient (Wildman–Crippen LogP) is -0.0121. The predicted molar refractivity (Wildman–Crippen MR) is 54.8 cm³/mol. The quantitative estimate of drug-likeness (QED) is 0.409. The topological polar surface area (TPSA) is 63.6 Å². The molecular weight excluding hydrogens is 204 g/mol. The summed E-state index contributed by atoms with van der Waals surface area (Å²) in [6.45, 7) is 0.186. The molecule has 0 unspecified atom stereocenters. The molecule has 0 atom stereocenters. The Bertz CT molecular complexity index is 292. The van der Waals surface area contributed by atoms with Crippen LogP contribution >= 0.6 is 0 Å². The summed E-state index contributed by atoms with van der Waals surface area (Å²) in [4.78, 5) is 0. The van der Waals surface area contributed by atoms with Gasteiger partial charge >= 0.3 is 0 Å². The average Bonchev–Trinajstić information content (AvgIpc) is 2.05. The Balaban J connectivity index is 0. The smallest absolute Gasteiger partial charge is 0.264 e. The minimum atomic E-state index is -3.29. The fourth-order valence-corrected chi connectivity index (χ4v) is 0.703. The van der Waals surface area contributed by atoms with Crippen molar-refractivity contribution in [1.82, 2.24) is 0 Å². The van der Waals surface area contributed by atoms with E-state index < -0.39 is 10.1 Å². The number of hydrogen-bond acceptors (Lipinski definition) is 4. The van der Waals surface area contributed by atoms with Crippen molar-refractivity contribution in [3.8, 4) is 24.7 Å². The van der Waals surface area contributed by atoms with Gasteiger partial charge in [-0.05, 0) is 0 Å². The number of terminal acetylenes is 2. The van der Waals surface area contributed by atoms with Crippen LogP contribution in [-0.2, 0) is 14.3 Å². The van der Waals surface area contributed by atoms with E-state index in [2.05, 4.69) is 16.0 Å². The fraction of sp³-hybridized carbons (Fsp3) is 0.556. The van der Waals surface area contributed by atoms with Crippen molar-refractivity contribution in [3.63, 3.8) is 0 Å². The largest absolute Gasteiger partial charge is 0.395 e. The zero-order chi connectivity index (χ0) is 11.4. The van der Waals surface area contributed by atoms with Gasteiger partial charge in [-0.15, -0.1) is 24.7 Å². The van der Waals surface area contributed by atoms with Crippen molar-refractivity contribution in [2.75, 3.05) is 19.5 Å². The molecule has 0 heterocycles. The van der Waals surface area contributed by atoms with Gasteiger partial charge in [-0.25, -0.2) is 0 Å². The molecule has 0 aromatic rings. The van der Waals surface area contributed by atoms with E-state index in [1.54, 1.807) is 0 Å². The molecule has 0 amide bonds. The van der Waals surface area contributed by atoms with E-state index in [1.807, 2.05) is 0 Å². The zero-order valence-corrected chi connectivity index (χ0v) is 8.88. The van der Waals surface area contributed by atoms with E-state index in [9.17, 15) is 8.42 Å². The van der Waals surface area contributed by atoms with Crippen LogP contribution < -0.4 is 0 Å². The second-order valence-corrected chi connectivity index (χ2v) is 3.80. The summed E-state index contributed by atoms with van der Waals surface area (Å²) in [5, 5.41) is 7.92. The first kappa shape index (κ1) is 15.5. The molecule has 0 saturated carbocycles. The molecule has 1 N–H and O–H groups in total. The molecule has 0 fully saturated rings. The number of rotatable bonds is 4. The lowest BCUT2D eigenvalue weighted by Gasteiger charge is -1.94. The number of aliphatic hydroxyl groups is 1. The molecule has 4 nitrogen and oxygen atoms in total. The molecule has 14 heavy (non-hydrogen) atoms. The van der Waals surface area contributed by atoms with Gasteiger partial charge in [0, 0.05) is 12.8 Å². The van der Waals surface area contributed by atoms with Gasteiger partial charge in [-0.3, -0.25) is 4.18 Å². The maximum Gasteiger partial charge on any atom is 0.264 e. The van der Waals surface area contributed by atoms with Crippen LogP contribution in [0.2, 0.25) is 0 Å². The molecule has 0 saturated heterocycles. The van der Waals surface area contributed by atoms with E-state index in [4.69, 9.17) is 18.0 Å². The molecule has 0 radical (unpaired) electrons. The Labute approximate surface area is 85.4 Å². The summed E-state index contributed by atoms with van der Waals surface area (Å²) in [7, 11) is -3.29. The highest BCUT2D eigenvalue weighted by Crippen LogP contribution is 1.87. The molecule has 80 valence electrons. The summed E-state index contributed by atoms with van der Waals surface area (Å²) in [5.41, 5.74) is 0. The van der Waals surface area contributed by atoms with Crippen molar-refractivity contribution >= 4 is 10.1 Å². The third-order valence-corrected chi connectivity index (χ3v) is 1.39. The number of aliphatic hydroxyl groups excluding tert-OH is 1. The van der Waals surface area contributed by atoms with Crippen LogP contribution in [0.1, 0.15) is 12.8 Å². The van der Waals surface area contributed by atoms with Gasteiger partial charge in [0.05, 0.1) is 19.5 Å². The minimum Gasteiger partial charge on any atom is -0.395 e. The summed E-state index contributed by atoms with van der Waals surface area (Å²) in [6.07, 6.45) is 11.4. The minimum absolute atomic E-state index is 0.0787. The van der Waals surface area contributed by atoms with Crippen LogP contribution in [0.15, 0.2) is 0 Å². The maximum absolute atomic E-state index is 10.2. The summed E-state index contributed by atoms with van der Waals surface area (Å²) in [6, 6.07) is 0. The fourth-order valence-electron chi connectivity index (χ4n) is 0.317. The maximum atomic E-state index is 10.2. The van der Waals surface area contributed by atoms with Gasteiger partial charge in [0.1, 0.15) is 0 Å². The highest BCUT2D eigenvalue weighted by Gasteiger charge is 1.97. The Kier molecular flexibility index (Phi) is 11.1. The van der Waals surface area contributed by atoms with E-state index >= 15 is 0 Å². The highest BCUT2D eigenvalue weighted by molar-refractivity contribution is 7.85. The van der Waals surface area contributed by atoms with Crippen molar-refractivity contribution < 1.29 is 17.7 Å². The van der Waals surface area contributed by atoms with E-state index in [0.29, 0.717) is 12.8 Å². The van der Waals surface area contributed by atoms with Crippen molar-refractivity contribution in [1.29, 1.82) is 0 Å². The first-order chi connectivity index (χ1) is 6.47. The van der Waals surface area contributed by atoms with Crippen LogP contribution in [0.5, 0.6) is 0 Å². The summed E-state index contributed by atoms with van der Waals surface area (Å²) >= 11 is 0. The SMILES string of the molecule is C#CCCO.C#CCCOS(C)(=O)=O. The van der Waals surface area contributed by atoms with Crippen LogP contribution in [0.3, 0.4) is 0 Å². The lowest BCUT2D eigenvalue weighted by atomic mass is 10.5. The zero-order valence-electron chi connectivity index (χ0n) is 8.06. The molecule has 0 spiro atoms. The lowest BCUT2D eigenvalue weighted by molar-refractivity contribution is 0.305. The Morgan fingerprint density at radius 1 is 1.29 bits per heavy atom. The third kappa shape index (κ3) is 22.4. The van der Waals surface area contributed by atoms with Gasteiger partial charge in [0.25, 0.3) is 10.1 Å². The molecular formula is C9H14O4S. The van der Waals surface area contributed by atoms with Gasteiger partial charge < -0.3 is 5.11 Å². The molecule has 0 aromatic heterocycles. The van der Waals surface area contributed by atoms with Crippen LogP contribution in [0, 0.1) is 24.7 Å². The number of hydrogen-bond donors (Lipinski definition) is 1. The van der Waals surface area contributed by atoms with Crippen LogP contribution in [0.25, 0.3) is 0 Å². The highest BCUT2D eigenvalue weighted by atomic mass is 32.2. The van der Waals surface area contributed by atoms with Crippen LogP contribution in [-0.4, -0.2) is 33.0 Å². The first-order valence-electron chi connectivity index (χ1n) is 3.80.